The summed E-state index contributed by atoms with van der Waals surface area (Å²) in [5, 5.41) is 3.42. The largest absolute Gasteiger partial charge is 0.354 e. The molecule has 0 saturated carbocycles. The highest BCUT2D eigenvalue weighted by Gasteiger charge is 1.97. The van der Waals surface area contributed by atoms with Gasteiger partial charge in [0, 0.05) is 50.8 Å². The fourth-order valence-electron chi connectivity index (χ4n) is 1.87. The van der Waals surface area contributed by atoms with Crippen LogP contribution in [0.1, 0.15) is 24.7 Å². The lowest BCUT2D eigenvalue weighted by atomic mass is 10.3. The van der Waals surface area contributed by atoms with Gasteiger partial charge in [-0.2, -0.15) is 0 Å². The molecule has 2 aromatic rings. The first-order valence-electron chi connectivity index (χ1n) is 6.22. The van der Waals surface area contributed by atoms with Crippen LogP contribution in [0.25, 0.3) is 0 Å². The molecule has 0 aliphatic heterocycles. The van der Waals surface area contributed by atoms with E-state index in [2.05, 4.69) is 45.2 Å². The molecule has 0 radical (unpaired) electrons. The van der Waals surface area contributed by atoms with E-state index in [1.807, 2.05) is 6.20 Å². The van der Waals surface area contributed by atoms with Gasteiger partial charge in [-0.15, -0.1) is 0 Å². The molecule has 0 bridgehead atoms. The lowest BCUT2D eigenvalue weighted by Crippen LogP contribution is -2.16. The van der Waals surface area contributed by atoms with Crippen LogP contribution in [-0.4, -0.2) is 21.1 Å². The molecule has 2 rings (SSSR count). The molecular formula is C13H20N4. The Hall–Kier alpha value is -1.55. The smallest absolute Gasteiger partial charge is 0.107 e. The maximum atomic E-state index is 4.19. The molecule has 0 amide bonds. The van der Waals surface area contributed by atoms with Crippen molar-refractivity contribution in [1.82, 2.24) is 19.9 Å². The van der Waals surface area contributed by atoms with Gasteiger partial charge >= 0.3 is 0 Å². The van der Waals surface area contributed by atoms with Crippen molar-refractivity contribution in [1.29, 1.82) is 0 Å². The van der Waals surface area contributed by atoms with Crippen LogP contribution < -0.4 is 5.32 Å². The third-order valence-electron chi connectivity index (χ3n) is 2.72. The molecule has 4 nitrogen and oxygen atoms in total. The third-order valence-corrected chi connectivity index (χ3v) is 2.72. The SMILES string of the molecule is CCCn1ccc(CNCCc2ncc[nH]2)c1. The summed E-state index contributed by atoms with van der Waals surface area (Å²) >= 11 is 0. The van der Waals surface area contributed by atoms with Crippen molar-refractivity contribution in [2.24, 2.45) is 0 Å². The van der Waals surface area contributed by atoms with Gasteiger partial charge in [-0.25, -0.2) is 4.98 Å². The van der Waals surface area contributed by atoms with Crippen LogP contribution in [0.4, 0.5) is 0 Å². The summed E-state index contributed by atoms with van der Waals surface area (Å²) in [5.74, 6) is 1.04. The first kappa shape index (κ1) is 11.9. The van der Waals surface area contributed by atoms with Gasteiger partial charge in [0.15, 0.2) is 0 Å². The zero-order valence-corrected chi connectivity index (χ0v) is 10.3. The average molecular weight is 232 g/mol. The van der Waals surface area contributed by atoms with Gasteiger partial charge < -0.3 is 14.9 Å². The minimum atomic E-state index is 0.928. The van der Waals surface area contributed by atoms with E-state index in [1.54, 1.807) is 6.20 Å². The van der Waals surface area contributed by atoms with Gasteiger partial charge in [0.25, 0.3) is 0 Å². The highest BCUT2D eigenvalue weighted by Crippen LogP contribution is 2.01. The number of hydrogen-bond acceptors (Lipinski definition) is 2. The normalized spacial score (nSPS) is 10.9. The van der Waals surface area contributed by atoms with Crippen LogP contribution in [0, 0.1) is 0 Å². The summed E-state index contributed by atoms with van der Waals surface area (Å²) in [4.78, 5) is 7.29. The molecule has 92 valence electrons. The van der Waals surface area contributed by atoms with Gasteiger partial charge in [-0.3, -0.25) is 0 Å². The number of aromatic amines is 1. The highest BCUT2D eigenvalue weighted by atomic mass is 14.9. The lowest BCUT2D eigenvalue weighted by Gasteiger charge is -2.02. The van der Waals surface area contributed by atoms with Gasteiger partial charge in [0.05, 0.1) is 0 Å². The average Bonchev–Trinajstić information content (AvgIpc) is 2.96. The number of nitrogens with one attached hydrogen (secondary N) is 2. The van der Waals surface area contributed by atoms with Crippen molar-refractivity contribution in [3.63, 3.8) is 0 Å². The van der Waals surface area contributed by atoms with Crippen molar-refractivity contribution >= 4 is 0 Å². The van der Waals surface area contributed by atoms with E-state index in [0.29, 0.717) is 0 Å². The molecule has 0 unspecified atom stereocenters. The van der Waals surface area contributed by atoms with E-state index < -0.39 is 0 Å². The quantitative estimate of drug-likeness (QED) is 0.717. The maximum Gasteiger partial charge on any atom is 0.107 e. The maximum absolute atomic E-state index is 4.19. The summed E-state index contributed by atoms with van der Waals surface area (Å²) in [7, 11) is 0. The first-order chi connectivity index (χ1) is 8.38. The fourth-order valence-corrected chi connectivity index (χ4v) is 1.87. The number of hydrogen-bond donors (Lipinski definition) is 2. The molecule has 0 aliphatic rings. The van der Waals surface area contributed by atoms with E-state index in [4.69, 9.17) is 0 Å². The Labute approximate surface area is 102 Å². The second-order valence-electron chi connectivity index (χ2n) is 4.22. The van der Waals surface area contributed by atoms with Crippen molar-refractivity contribution < 1.29 is 0 Å². The Bertz CT molecular complexity index is 416. The molecule has 4 heteroatoms. The zero-order chi connectivity index (χ0) is 11.9. The van der Waals surface area contributed by atoms with E-state index in [1.165, 1.54) is 12.0 Å². The van der Waals surface area contributed by atoms with Crippen molar-refractivity contribution in [2.75, 3.05) is 6.54 Å². The van der Waals surface area contributed by atoms with Gasteiger partial charge in [0.2, 0.25) is 0 Å². The molecule has 2 heterocycles. The molecule has 0 aliphatic carbocycles. The number of imidazole rings is 1. The van der Waals surface area contributed by atoms with Gasteiger partial charge in [-0.05, 0) is 18.1 Å². The monoisotopic (exact) mass is 232 g/mol. The Morgan fingerprint density at radius 1 is 1.47 bits per heavy atom. The van der Waals surface area contributed by atoms with Crippen molar-refractivity contribution in [3.05, 3.63) is 42.2 Å². The van der Waals surface area contributed by atoms with Crippen LogP contribution in [0.3, 0.4) is 0 Å². The Morgan fingerprint density at radius 3 is 3.18 bits per heavy atom. The highest BCUT2D eigenvalue weighted by molar-refractivity contribution is 5.09. The van der Waals surface area contributed by atoms with Crippen LogP contribution >= 0.6 is 0 Å². The summed E-state index contributed by atoms with van der Waals surface area (Å²) < 4.78 is 2.24. The minimum absolute atomic E-state index is 0.928. The third kappa shape index (κ3) is 3.75. The van der Waals surface area contributed by atoms with Crippen molar-refractivity contribution in [2.45, 2.75) is 32.9 Å². The number of rotatable bonds is 7. The minimum Gasteiger partial charge on any atom is -0.354 e. The van der Waals surface area contributed by atoms with E-state index in [9.17, 15) is 0 Å². The second kappa shape index (κ2) is 6.25. The predicted molar refractivity (Wildman–Crippen MR) is 68.7 cm³/mol. The number of nitrogens with zero attached hydrogens (tertiary/aromatic N) is 2. The van der Waals surface area contributed by atoms with Gasteiger partial charge in [-0.1, -0.05) is 6.92 Å². The molecule has 0 saturated heterocycles. The molecule has 2 N–H and O–H groups in total. The molecule has 0 spiro atoms. The second-order valence-corrected chi connectivity index (χ2v) is 4.22. The molecular weight excluding hydrogens is 212 g/mol. The van der Waals surface area contributed by atoms with Crippen LogP contribution in [0.5, 0.6) is 0 Å². The van der Waals surface area contributed by atoms with E-state index >= 15 is 0 Å². The molecule has 2 aromatic heterocycles. The number of aryl methyl sites for hydroxylation is 1. The Morgan fingerprint density at radius 2 is 2.41 bits per heavy atom. The topological polar surface area (TPSA) is 45.6 Å². The standard InChI is InChI=1S/C13H20N4/c1-2-8-17-9-4-12(11-17)10-14-5-3-13-15-6-7-16-13/h4,6-7,9,11,14H,2-3,5,8,10H2,1H3,(H,15,16). The molecule has 17 heavy (non-hydrogen) atoms. The van der Waals surface area contributed by atoms with Crippen LogP contribution in [0.2, 0.25) is 0 Å². The molecule has 0 atom stereocenters. The molecule has 0 fully saturated rings. The van der Waals surface area contributed by atoms with Crippen LogP contribution in [0.15, 0.2) is 30.9 Å². The van der Waals surface area contributed by atoms with E-state index in [0.717, 1.165) is 31.9 Å². The van der Waals surface area contributed by atoms with Crippen molar-refractivity contribution in [3.8, 4) is 0 Å². The summed E-state index contributed by atoms with van der Waals surface area (Å²) in [6.07, 6.45) is 10.1. The summed E-state index contributed by atoms with van der Waals surface area (Å²) in [5.41, 5.74) is 1.35. The van der Waals surface area contributed by atoms with Crippen LogP contribution in [-0.2, 0) is 19.5 Å². The Kier molecular flexibility index (Phi) is 4.38. The fraction of sp³-hybridized carbons (Fsp3) is 0.462. The number of H-pyrrole nitrogens is 1. The lowest BCUT2D eigenvalue weighted by molar-refractivity contribution is 0.660. The predicted octanol–water partition coefficient (Wildman–Crippen LogP) is 1.95. The van der Waals surface area contributed by atoms with E-state index in [-0.39, 0.29) is 0 Å². The summed E-state index contributed by atoms with van der Waals surface area (Å²) in [6.45, 7) is 5.18. The first-order valence-corrected chi connectivity index (χ1v) is 6.22. The number of aromatic nitrogens is 3. The molecule has 0 aromatic carbocycles. The zero-order valence-electron chi connectivity index (χ0n) is 10.3. The Balaban J connectivity index is 1.67. The van der Waals surface area contributed by atoms with Gasteiger partial charge in [0.1, 0.15) is 5.82 Å². The summed E-state index contributed by atoms with van der Waals surface area (Å²) in [6, 6.07) is 2.18.